The second-order valence-corrected chi connectivity index (χ2v) is 15.5. The van der Waals surface area contributed by atoms with Crippen LogP contribution in [0.15, 0.2) is 46.2 Å². The van der Waals surface area contributed by atoms with E-state index in [0.29, 0.717) is 0 Å². The molecule has 328 valence electrons. The Labute approximate surface area is 345 Å². The average Bonchev–Trinajstić information content (AvgIpc) is 3.19. The number of benzene rings is 2. The first-order chi connectivity index (χ1) is 28.6. The number of rotatable bonds is 26. The number of nitrogens with zero attached hydrogens (tertiary/aromatic N) is 6. The Morgan fingerprint density at radius 3 is 1.52 bits per heavy atom. The van der Waals surface area contributed by atoms with Gasteiger partial charge in [-0.1, -0.05) is 31.2 Å². The van der Waals surface area contributed by atoms with Gasteiger partial charge in [-0.05, 0) is 42.3 Å². The maximum absolute atomic E-state index is 12.6. The normalized spacial score (nSPS) is 12.9. The van der Waals surface area contributed by atoms with E-state index in [2.05, 4.69) is 62.0 Å². The lowest BCUT2D eigenvalue weighted by atomic mass is 10.1. The van der Waals surface area contributed by atoms with Gasteiger partial charge in [-0.2, -0.15) is 46.7 Å². The summed E-state index contributed by atoms with van der Waals surface area (Å²) in [6.45, 7) is 4.47. The fourth-order valence-corrected chi connectivity index (χ4v) is 6.41. The number of ether oxygens (including phenoxy) is 2. The lowest BCUT2D eigenvalue weighted by Gasteiger charge is -2.14. The first-order valence-corrected chi connectivity index (χ1v) is 21.1. The summed E-state index contributed by atoms with van der Waals surface area (Å²) in [5.41, 5.74) is 2.20. The number of aromatic nitrogens is 6. The van der Waals surface area contributed by atoms with Crippen molar-refractivity contribution in [3.8, 4) is 0 Å². The van der Waals surface area contributed by atoms with Crippen molar-refractivity contribution in [2.75, 3.05) is 92.4 Å². The summed E-state index contributed by atoms with van der Waals surface area (Å²) >= 11 is 0. The van der Waals surface area contributed by atoms with E-state index >= 15 is 0 Å². The van der Waals surface area contributed by atoms with Gasteiger partial charge >= 0.3 is 0 Å². The number of nitrogens with one attached hydrogen (secondary N) is 6. The Hall–Kier alpha value is -5.26. The fraction of sp³-hybridized carbons (Fsp3) is 0.412. The molecule has 2 atom stereocenters. The molecular weight excluding hydrogens is 833 g/mol. The Bertz CT molecular complexity index is 2270. The molecule has 2 aromatic carbocycles. The second kappa shape index (κ2) is 22.9. The van der Waals surface area contributed by atoms with E-state index in [-0.39, 0.29) is 124 Å². The van der Waals surface area contributed by atoms with Crippen LogP contribution in [-0.4, -0.2) is 148 Å². The molecule has 2 unspecified atom stereocenters. The average molecular weight is 881 g/mol. The van der Waals surface area contributed by atoms with E-state index in [1.165, 1.54) is 36.4 Å². The molecule has 4 rings (SSSR count). The molecule has 0 aliphatic carbocycles. The zero-order chi connectivity index (χ0) is 43.7. The van der Waals surface area contributed by atoms with Crippen LogP contribution in [0.4, 0.5) is 41.1 Å². The van der Waals surface area contributed by atoms with E-state index in [1.54, 1.807) is 13.8 Å². The standard InChI is InChI=1S/C34H48N12O12S2/c1-21(19-38-50)29-41-30(35-9-13-57-15-11-47)44-33(42-29)39-25-7-5-23(27(17-25)59(51,52)53)3-4-24-6-8-26(18-28(24)60(54,55)56)40-34-45-31(36-10-14-58-16-12-48)43-32(46-34)37-20-22(2)49/h3-8,17-18,21-22,38,47-50H,9-16,19-20H2,1-2H3,(H,51,52,53)(H,54,55,56)(H2,35,39,41,42,44)(H3,36,37,40,43,45,46). The zero-order valence-corrected chi connectivity index (χ0v) is 34.1. The maximum Gasteiger partial charge on any atom is 0.295 e. The predicted octanol–water partition coefficient (Wildman–Crippen LogP) is 0.924. The highest BCUT2D eigenvalue weighted by Crippen LogP contribution is 2.28. The van der Waals surface area contributed by atoms with Gasteiger partial charge in [0.15, 0.2) is 0 Å². The van der Waals surface area contributed by atoms with E-state index in [9.17, 15) is 36.3 Å². The van der Waals surface area contributed by atoms with Crippen molar-refractivity contribution < 1.29 is 55.9 Å². The van der Waals surface area contributed by atoms with Crippen LogP contribution in [0.25, 0.3) is 12.2 Å². The van der Waals surface area contributed by atoms with Crippen LogP contribution in [0.2, 0.25) is 0 Å². The molecule has 0 aliphatic rings. The highest BCUT2D eigenvalue weighted by molar-refractivity contribution is 7.86. The molecule has 12 N–H and O–H groups in total. The third kappa shape index (κ3) is 15.4. The number of aliphatic hydroxyl groups excluding tert-OH is 3. The summed E-state index contributed by atoms with van der Waals surface area (Å²) in [6, 6.07) is 7.75. The molecule has 24 nitrogen and oxygen atoms in total. The Morgan fingerprint density at radius 2 is 1.07 bits per heavy atom. The lowest BCUT2D eigenvalue weighted by Crippen LogP contribution is -2.20. The topological polar surface area (TPSA) is 358 Å². The first kappa shape index (κ1) is 47.4. The van der Waals surface area contributed by atoms with Crippen molar-refractivity contribution in [3.63, 3.8) is 0 Å². The van der Waals surface area contributed by atoms with Gasteiger partial charge in [0, 0.05) is 43.5 Å². The quantitative estimate of drug-likeness (QED) is 0.0181. The second-order valence-electron chi connectivity index (χ2n) is 12.7. The van der Waals surface area contributed by atoms with Crippen molar-refractivity contribution in [1.29, 1.82) is 0 Å². The monoisotopic (exact) mass is 880 g/mol. The van der Waals surface area contributed by atoms with Gasteiger partial charge in [0.25, 0.3) is 20.2 Å². The van der Waals surface area contributed by atoms with Gasteiger partial charge in [-0.15, -0.1) is 0 Å². The largest absolute Gasteiger partial charge is 0.394 e. The number of hydrogen-bond donors (Lipinski definition) is 12. The van der Waals surface area contributed by atoms with Crippen LogP contribution in [-0.2, 0) is 29.7 Å². The molecule has 2 aromatic heterocycles. The summed E-state index contributed by atoms with van der Waals surface area (Å²) < 4.78 is 81.2. The summed E-state index contributed by atoms with van der Waals surface area (Å²) in [5, 5.41) is 51.2. The van der Waals surface area contributed by atoms with Crippen molar-refractivity contribution >= 4 is 73.5 Å². The van der Waals surface area contributed by atoms with Crippen LogP contribution in [0.1, 0.15) is 36.7 Å². The SMILES string of the molecule is CC(O)CNc1nc(NCCOCCO)nc(Nc2ccc(C=Cc3ccc(Nc4nc(NCCOCCO)nc(C(C)CNO)n4)cc3S(=O)(=O)O)c(S(=O)(=O)O)c2)n1. The van der Waals surface area contributed by atoms with Gasteiger partial charge in [0.05, 0.1) is 45.7 Å². The Morgan fingerprint density at radius 1 is 0.633 bits per heavy atom. The van der Waals surface area contributed by atoms with E-state index < -0.39 is 42.0 Å². The van der Waals surface area contributed by atoms with Crippen LogP contribution in [0.5, 0.6) is 0 Å². The van der Waals surface area contributed by atoms with Gasteiger partial charge in [-0.25, -0.2) is 5.48 Å². The predicted molar refractivity (Wildman–Crippen MR) is 219 cm³/mol. The smallest absolute Gasteiger partial charge is 0.295 e. The lowest BCUT2D eigenvalue weighted by molar-refractivity contribution is 0.0991. The fourth-order valence-electron chi connectivity index (χ4n) is 4.99. The third-order valence-corrected chi connectivity index (χ3v) is 9.57. The molecule has 0 spiro atoms. The molecule has 4 aromatic rings. The Balaban J connectivity index is 1.61. The molecular formula is C34H48N12O12S2. The van der Waals surface area contributed by atoms with Crippen molar-refractivity contribution in [2.45, 2.75) is 35.7 Å². The van der Waals surface area contributed by atoms with E-state index in [4.69, 9.17) is 19.7 Å². The molecule has 0 aliphatic heterocycles. The molecule has 60 heavy (non-hydrogen) atoms. The molecule has 2 heterocycles. The van der Waals surface area contributed by atoms with Gasteiger partial charge < -0.3 is 56.6 Å². The zero-order valence-electron chi connectivity index (χ0n) is 32.5. The molecule has 26 heteroatoms. The van der Waals surface area contributed by atoms with Gasteiger partial charge in [0.1, 0.15) is 15.6 Å². The number of anilines is 7. The molecule has 0 bridgehead atoms. The minimum Gasteiger partial charge on any atom is -0.394 e. The van der Waals surface area contributed by atoms with E-state index in [1.807, 2.05) is 0 Å². The van der Waals surface area contributed by atoms with Crippen LogP contribution < -0.4 is 32.1 Å². The maximum atomic E-state index is 12.6. The number of hydroxylamine groups is 1. The summed E-state index contributed by atoms with van der Waals surface area (Å²) in [6.07, 6.45) is 1.71. The third-order valence-electron chi connectivity index (χ3n) is 7.75. The summed E-state index contributed by atoms with van der Waals surface area (Å²) in [7, 11) is -9.76. The molecule has 0 saturated carbocycles. The van der Waals surface area contributed by atoms with Crippen molar-refractivity contribution in [3.05, 3.63) is 53.3 Å². The molecule has 0 saturated heterocycles. The van der Waals surface area contributed by atoms with Crippen LogP contribution in [0, 0.1) is 0 Å². The Kier molecular flexibility index (Phi) is 18.1. The van der Waals surface area contributed by atoms with Crippen LogP contribution in [0.3, 0.4) is 0 Å². The highest BCUT2D eigenvalue weighted by atomic mass is 32.2. The minimum absolute atomic E-state index is 0.0135. The van der Waals surface area contributed by atoms with Gasteiger partial charge in [0.2, 0.25) is 29.7 Å². The number of aliphatic hydroxyl groups is 3. The number of hydrogen-bond acceptors (Lipinski definition) is 22. The summed E-state index contributed by atoms with van der Waals surface area (Å²) in [5.74, 6) is 0.105. The minimum atomic E-state index is -4.88. The van der Waals surface area contributed by atoms with E-state index in [0.717, 1.165) is 12.1 Å². The molecule has 0 fully saturated rings. The van der Waals surface area contributed by atoms with Gasteiger partial charge in [-0.3, -0.25) is 9.11 Å². The first-order valence-electron chi connectivity index (χ1n) is 18.2. The highest BCUT2D eigenvalue weighted by Gasteiger charge is 2.20. The molecule has 0 amide bonds. The summed E-state index contributed by atoms with van der Waals surface area (Å²) in [4.78, 5) is 24.6. The van der Waals surface area contributed by atoms with Crippen molar-refractivity contribution in [1.82, 2.24) is 35.4 Å². The van der Waals surface area contributed by atoms with Crippen molar-refractivity contribution in [2.24, 2.45) is 0 Å². The molecule has 0 radical (unpaired) electrons. The van der Waals surface area contributed by atoms with Crippen LogP contribution >= 0.6 is 0 Å².